The number of imide groups is 2. The maximum atomic E-state index is 12.4. The Hall–Kier alpha value is -2.97. The molecule has 9 nitrogen and oxygen atoms in total. The van der Waals surface area contributed by atoms with Crippen LogP contribution in [0.1, 0.15) is 26.3 Å². The Kier molecular flexibility index (Phi) is 3.94. The standard InChI is InChI=1S/C16H18N4O5/c1-9(2)19-15(22)14(21)18(16(19)23)8-17-10(3)6-11-7-12(20(24)25)4-5-13(11)17/h4-5,7,9-10H,6,8H2,1-3H3/t10-/m1/s1. The summed E-state index contributed by atoms with van der Waals surface area (Å²) in [7, 11) is 0. The molecule has 0 spiro atoms. The van der Waals surface area contributed by atoms with Crippen LogP contribution >= 0.6 is 0 Å². The lowest BCUT2D eigenvalue weighted by Crippen LogP contribution is -2.45. The fourth-order valence-electron chi connectivity index (χ4n) is 3.27. The summed E-state index contributed by atoms with van der Waals surface area (Å²) >= 11 is 0. The van der Waals surface area contributed by atoms with E-state index < -0.39 is 28.8 Å². The van der Waals surface area contributed by atoms with Crippen molar-refractivity contribution in [2.45, 2.75) is 39.3 Å². The Labute approximate surface area is 143 Å². The molecule has 0 unspecified atom stereocenters. The number of nitro benzene ring substituents is 1. The summed E-state index contributed by atoms with van der Waals surface area (Å²) in [4.78, 5) is 50.7. The van der Waals surface area contributed by atoms with E-state index in [2.05, 4.69) is 0 Å². The number of amides is 4. The van der Waals surface area contributed by atoms with Gasteiger partial charge in [-0.3, -0.25) is 24.6 Å². The van der Waals surface area contributed by atoms with Gasteiger partial charge in [-0.2, -0.15) is 0 Å². The lowest BCUT2D eigenvalue weighted by atomic mass is 10.1. The maximum absolute atomic E-state index is 12.4. The van der Waals surface area contributed by atoms with Gasteiger partial charge >= 0.3 is 17.8 Å². The van der Waals surface area contributed by atoms with Crippen LogP contribution in [0, 0.1) is 10.1 Å². The van der Waals surface area contributed by atoms with E-state index in [1.807, 2.05) is 11.8 Å². The third-order valence-corrected chi connectivity index (χ3v) is 4.52. The van der Waals surface area contributed by atoms with E-state index in [0.29, 0.717) is 6.42 Å². The molecule has 1 fully saturated rings. The second-order valence-electron chi connectivity index (χ2n) is 6.52. The van der Waals surface area contributed by atoms with Gasteiger partial charge in [0.15, 0.2) is 0 Å². The minimum atomic E-state index is -0.846. The van der Waals surface area contributed by atoms with E-state index in [-0.39, 0.29) is 18.4 Å². The van der Waals surface area contributed by atoms with Crippen molar-refractivity contribution in [2.24, 2.45) is 0 Å². The van der Waals surface area contributed by atoms with Gasteiger partial charge < -0.3 is 4.90 Å². The first-order valence-corrected chi connectivity index (χ1v) is 7.95. The molecule has 1 aromatic carbocycles. The Balaban J connectivity index is 1.87. The maximum Gasteiger partial charge on any atom is 0.335 e. The van der Waals surface area contributed by atoms with E-state index in [0.717, 1.165) is 21.1 Å². The summed E-state index contributed by atoms with van der Waals surface area (Å²) in [5.41, 5.74) is 1.52. The highest BCUT2D eigenvalue weighted by atomic mass is 16.6. The number of carbonyl (C=O) groups excluding carboxylic acids is 3. The Bertz CT molecular complexity index is 791. The smallest absolute Gasteiger partial charge is 0.335 e. The number of nitrogens with zero attached hydrogens (tertiary/aromatic N) is 4. The van der Waals surface area contributed by atoms with Crippen LogP contribution in [0.5, 0.6) is 0 Å². The van der Waals surface area contributed by atoms with Crippen molar-refractivity contribution < 1.29 is 19.3 Å². The van der Waals surface area contributed by atoms with Crippen molar-refractivity contribution >= 4 is 29.2 Å². The molecule has 1 aromatic rings. The average Bonchev–Trinajstić information content (AvgIpc) is 2.95. The minimum absolute atomic E-state index is 0.00212. The molecule has 0 bridgehead atoms. The van der Waals surface area contributed by atoms with Crippen molar-refractivity contribution in [3.05, 3.63) is 33.9 Å². The van der Waals surface area contributed by atoms with Gasteiger partial charge in [-0.15, -0.1) is 0 Å². The lowest BCUT2D eigenvalue weighted by Gasteiger charge is -2.28. The van der Waals surface area contributed by atoms with Crippen molar-refractivity contribution in [2.75, 3.05) is 11.6 Å². The number of nitro groups is 1. The van der Waals surface area contributed by atoms with Crippen LogP contribution in [0.15, 0.2) is 18.2 Å². The van der Waals surface area contributed by atoms with Gasteiger partial charge in [0, 0.05) is 29.9 Å². The zero-order chi connectivity index (χ0) is 18.5. The first-order valence-electron chi connectivity index (χ1n) is 7.95. The van der Waals surface area contributed by atoms with Crippen LogP contribution < -0.4 is 4.90 Å². The van der Waals surface area contributed by atoms with Crippen molar-refractivity contribution in [1.29, 1.82) is 0 Å². The number of hydrogen-bond donors (Lipinski definition) is 0. The van der Waals surface area contributed by atoms with Gasteiger partial charge in [-0.1, -0.05) is 0 Å². The van der Waals surface area contributed by atoms with Crippen molar-refractivity contribution in [3.8, 4) is 0 Å². The predicted octanol–water partition coefficient (Wildman–Crippen LogP) is 1.50. The summed E-state index contributed by atoms with van der Waals surface area (Å²) in [6, 6.07) is 3.42. The van der Waals surface area contributed by atoms with Gasteiger partial charge in [0.2, 0.25) is 0 Å². The van der Waals surface area contributed by atoms with Crippen LogP contribution in [0.2, 0.25) is 0 Å². The molecule has 3 rings (SSSR count). The summed E-state index contributed by atoms with van der Waals surface area (Å²) in [6.07, 6.45) is 0.565. The number of non-ortho nitro benzene ring substituents is 1. The quantitative estimate of drug-likeness (QED) is 0.354. The summed E-state index contributed by atoms with van der Waals surface area (Å²) in [5, 5.41) is 10.9. The summed E-state index contributed by atoms with van der Waals surface area (Å²) in [6.45, 7) is 5.18. The van der Waals surface area contributed by atoms with Crippen molar-refractivity contribution in [1.82, 2.24) is 9.80 Å². The zero-order valence-corrected chi connectivity index (χ0v) is 14.1. The SMILES string of the molecule is CC(C)N1C(=O)C(=O)N(CN2c3ccc([N+](=O)[O-])cc3C[C@H]2C)C1=O. The van der Waals surface area contributed by atoms with E-state index in [4.69, 9.17) is 0 Å². The van der Waals surface area contributed by atoms with E-state index in [9.17, 15) is 24.5 Å². The molecule has 1 atom stereocenters. The molecule has 9 heteroatoms. The fraction of sp³-hybridized carbons (Fsp3) is 0.438. The predicted molar refractivity (Wildman–Crippen MR) is 87.8 cm³/mol. The molecule has 2 aliphatic heterocycles. The first kappa shape index (κ1) is 16.9. The normalized spacial score (nSPS) is 20.1. The summed E-state index contributed by atoms with van der Waals surface area (Å²) in [5.74, 6) is -1.67. The average molecular weight is 346 g/mol. The molecule has 0 aliphatic carbocycles. The second kappa shape index (κ2) is 5.83. The number of carbonyl (C=O) groups is 3. The van der Waals surface area contributed by atoms with Crippen LogP contribution in [-0.2, 0) is 16.0 Å². The highest BCUT2D eigenvalue weighted by Gasteiger charge is 2.47. The first-order chi connectivity index (χ1) is 11.7. The molecule has 0 aromatic heterocycles. The van der Waals surface area contributed by atoms with Gasteiger partial charge in [0.1, 0.15) is 6.67 Å². The highest BCUT2D eigenvalue weighted by Crippen LogP contribution is 2.35. The number of benzene rings is 1. The molecule has 4 amide bonds. The molecule has 0 saturated carbocycles. The molecule has 1 saturated heterocycles. The highest BCUT2D eigenvalue weighted by molar-refractivity contribution is 6.44. The van der Waals surface area contributed by atoms with Gasteiger partial charge in [0.25, 0.3) is 5.69 Å². The van der Waals surface area contributed by atoms with Crippen LogP contribution in [0.3, 0.4) is 0 Å². The third kappa shape index (κ3) is 2.61. The molecule has 132 valence electrons. The lowest BCUT2D eigenvalue weighted by molar-refractivity contribution is -0.384. The van der Waals surface area contributed by atoms with Crippen LogP contribution in [-0.4, -0.2) is 51.3 Å². The third-order valence-electron chi connectivity index (χ3n) is 4.52. The van der Waals surface area contributed by atoms with E-state index >= 15 is 0 Å². The molecular weight excluding hydrogens is 328 g/mol. The molecule has 0 N–H and O–H groups in total. The minimum Gasteiger partial charge on any atom is -0.350 e. The van der Waals surface area contributed by atoms with Crippen molar-refractivity contribution in [3.63, 3.8) is 0 Å². The van der Waals surface area contributed by atoms with E-state index in [1.54, 1.807) is 19.9 Å². The van der Waals surface area contributed by atoms with Crippen LogP contribution in [0.25, 0.3) is 0 Å². The number of anilines is 1. The zero-order valence-electron chi connectivity index (χ0n) is 14.1. The molecular formula is C16H18N4O5. The van der Waals surface area contributed by atoms with Gasteiger partial charge in [-0.05, 0) is 38.8 Å². The fourth-order valence-corrected chi connectivity index (χ4v) is 3.27. The number of rotatable bonds is 4. The number of hydrogen-bond acceptors (Lipinski definition) is 6. The van der Waals surface area contributed by atoms with Gasteiger partial charge in [0.05, 0.1) is 4.92 Å². The molecule has 2 aliphatic rings. The molecule has 0 radical (unpaired) electrons. The molecule has 2 heterocycles. The topological polar surface area (TPSA) is 104 Å². The Morgan fingerprint density at radius 1 is 1.24 bits per heavy atom. The largest absolute Gasteiger partial charge is 0.350 e. The summed E-state index contributed by atoms with van der Waals surface area (Å²) < 4.78 is 0. The Morgan fingerprint density at radius 3 is 2.48 bits per heavy atom. The second-order valence-corrected chi connectivity index (χ2v) is 6.52. The van der Waals surface area contributed by atoms with E-state index in [1.165, 1.54) is 12.1 Å². The number of urea groups is 1. The number of fused-ring (bicyclic) bond motifs is 1. The molecule has 25 heavy (non-hydrogen) atoms. The van der Waals surface area contributed by atoms with Gasteiger partial charge in [-0.25, -0.2) is 9.69 Å². The van der Waals surface area contributed by atoms with Crippen LogP contribution in [0.4, 0.5) is 16.2 Å². The Morgan fingerprint density at radius 2 is 1.92 bits per heavy atom. The monoisotopic (exact) mass is 346 g/mol.